The van der Waals surface area contributed by atoms with Crippen LogP contribution in [0.3, 0.4) is 0 Å². The molecule has 1 rings (SSSR count). The lowest BCUT2D eigenvalue weighted by Gasteiger charge is -2.44. The highest BCUT2D eigenvalue weighted by molar-refractivity contribution is 4.99. The fourth-order valence-electron chi connectivity index (χ4n) is 2.04. The van der Waals surface area contributed by atoms with E-state index >= 15 is 0 Å². The molecule has 3 nitrogen and oxygen atoms in total. The number of ether oxygens (including phenoxy) is 2. The average Bonchev–Trinajstić information content (AvgIpc) is 2.17. The first-order chi connectivity index (χ1) is 7.22. The lowest BCUT2D eigenvalue weighted by Crippen LogP contribution is -2.61. The third-order valence-electron chi connectivity index (χ3n) is 2.82. The third-order valence-corrected chi connectivity index (χ3v) is 2.82. The van der Waals surface area contributed by atoms with Crippen LogP contribution < -0.4 is 5.32 Å². The molecule has 1 fully saturated rings. The molecule has 0 aromatic carbocycles. The van der Waals surface area contributed by atoms with Gasteiger partial charge in [0, 0.05) is 32.2 Å². The molecular formula is C12H21NO2. The molecule has 1 aliphatic rings. The van der Waals surface area contributed by atoms with E-state index in [1.807, 2.05) is 6.92 Å². The fraction of sp³-hybridized carbons (Fsp3) is 0.833. The first-order valence-electron chi connectivity index (χ1n) is 5.56. The van der Waals surface area contributed by atoms with E-state index in [1.54, 1.807) is 7.11 Å². The molecule has 4 unspecified atom stereocenters. The van der Waals surface area contributed by atoms with Gasteiger partial charge in [-0.1, -0.05) is 0 Å². The van der Waals surface area contributed by atoms with Crippen LogP contribution in [-0.2, 0) is 9.47 Å². The molecule has 0 amide bonds. The summed E-state index contributed by atoms with van der Waals surface area (Å²) in [7, 11) is 1.73. The van der Waals surface area contributed by atoms with Crippen LogP contribution in [0.4, 0.5) is 0 Å². The highest BCUT2D eigenvalue weighted by Crippen LogP contribution is 2.27. The SMILES string of the molecule is C#CCC(C)NC1CC(OCC)C1OC. The minimum atomic E-state index is 0.171. The molecule has 1 aliphatic carbocycles. The molecule has 0 aromatic heterocycles. The Morgan fingerprint density at radius 1 is 1.60 bits per heavy atom. The molecule has 0 spiro atoms. The van der Waals surface area contributed by atoms with Crippen molar-refractivity contribution >= 4 is 0 Å². The summed E-state index contributed by atoms with van der Waals surface area (Å²) in [4.78, 5) is 0. The molecule has 1 saturated carbocycles. The minimum Gasteiger partial charge on any atom is -0.377 e. The van der Waals surface area contributed by atoms with Crippen LogP contribution in [0.2, 0.25) is 0 Å². The van der Waals surface area contributed by atoms with Gasteiger partial charge in [-0.25, -0.2) is 0 Å². The summed E-state index contributed by atoms with van der Waals surface area (Å²) >= 11 is 0. The van der Waals surface area contributed by atoms with Gasteiger partial charge in [-0.3, -0.25) is 0 Å². The molecule has 0 saturated heterocycles. The van der Waals surface area contributed by atoms with Crippen molar-refractivity contribution in [3.63, 3.8) is 0 Å². The van der Waals surface area contributed by atoms with Crippen LogP contribution >= 0.6 is 0 Å². The smallest absolute Gasteiger partial charge is 0.0986 e. The molecule has 3 heteroatoms. The zero-order valence-electron chi connectivity index (χ0n) is 9.82. The van der Waals surface area contributed by atoms with E-state index in [4.69, 9.17) is 15.9 Å². The van der Waals surface area contributed by atoms with E-state index in [0.717, 1.165) is 19.4 Å². The maximum atomic E-state index is 5.55. The third kappa shape index (κ3) is 3.20. The summed E-state index contributed by atoms with van der Waals surface area (Å²) in [5.41, 5.74) is 0. The second-order valence-corrected chi connectivity index (χ2v) is 4.01. The molecular weight excluding hydrogens is 190 g/mol. The molecule has 0 bridgehead atoms. The summed E-state index contributed by atoms with van der Waals surface area (Å²) in [6, 6.07) is 0.732. The van der Waals surface area contributed by atoms with Gasteiger partial charge >= 0.3 is 0 Å². The number of methoxy groups -OCH3 is 1. The van der Waals surface area contributed by atoms with E-state index < -0.39 is 0 Å². The van der Waals surface area contributed by atoms with E-state index in [2.05, 4.69) is 18.2 Å². The van der Waals surface area contributed by atoms with Gasteiger partial charge in [-0.05, 0) is 20.3 Å². The Hall–Kier alpha value is -0.560. The molecule has 0 radical (unpaired) electrons. The van der Waals surface area contributed by atoms with Crippen molar-refractivity contribution in [2.75, 3.05) is 13.7 Å². The maximum absolute atomic E-state index is 5.55. The van der Waals surface area contributed by atoms with E-state index in [1.165, 1.54) is 0 Å². The number of rotatable bonds is 6. The van der Waals surface area contributed by atoms with Gasteiger partial charge in [0.2, 0.25) is 0 Å². The Labute approximate surface area is 92.5 Å². The van der Waals surface area contributed by atoms with E-state index in [0.29, 0.717) is 12.1 Å². The first kappa shape index (κ1) is 12.5. The molecule has 0 aromatic rings. The summed E-state index contributed by atoms with van der Waals surface area (Å²) < 4.78 is 11.0. The van der Waals surface area contributed by atoms with Crippen LogP contribution in [0, 0.1) is 12.3 Å². The highest BCUT2D eigenvalue weighted by Gasteiger charge is 2.42. The lowest BCUT2D eigenvalue weighted by molar-refractivity contribution is -0.132. The summed E-state index contributed by atoms with van der Waals surface area (Å²) in [6.45, 7) is 4.85. The van der Waals surface area contributed by atoms with Crippen molar-refractivity contribution in [1.29, 1.82) is 0 Å². The molecule has 15 heavy (non-hydrogen) atoms. The maximum Gasteiger partial charge on any atom is 0.0986 e. The van der Waals surface area contributed by atoms with Crippen molar-refractivity contribution < 1.29 is 9.47 Å². The van der Waals surface area contributed by atoms with Crippen LogP contribution in [0.25, 0.3) is 0 Å². The van der Waals surface area contributed by atoms with Crippen LogP contribution in [0.5, 0.6) is 0 Å². The monoisotopic (exact) mass is 211 g/mol. The van der Waals surface area contributed by atoms with Gasteiger partial charge in [0.1, 0.15) is 0 Å². The molecule has 0 heterocycles. The van der Waals surface area contributed by atoms with Gasteiger partial charge in [0.15, 0.2) is 0 Å². The summed E-state index contributed by atoms with van der Waals surface area (Å²) in [5.74, 6) is 2.66. The second-order valence-electron chi connectivity index (χ2n) is 4.01. The van der Waals surface area contributed by atoms with Crippen molar-refractivity contribution in [1.82, 2.24) is 5.32 Å². The zero-order valence-corrected chi connectivity index (χ0v) is 9.82. The topological polar surface area (TPSA) is 30.5 Å². The van der Waals surface area contributed by atoms with Crippen LogP contribution in [0.1, 0.15) is 26.7 Å². The van der Waals surface area contributed by atoms with Crippen molar-refractivity contribution in [2.24, 2.45) is 0 Å². The standard InChI is InChI=1S/C12H21NO2/c1-5-7-9(3)13-10-8-11(15-6-2)12(10)14-4/h1,9-13H,6-8H2,2-4H3. The molecule has 1 N–H and O–H groups in total. The minimum absolute atomic E-state index is 0.171. The normalized spacial score (nSPS) is 31.7. The number of nitrogens with one attached hydrogen (secondary N) is 1. The Bertz CT molecular complexity index is 224. The number of terminal acetylenes is 1. The molecule has 0 aliphatic heterocycles. The van der Waals surface area contributed by atoms with E-state index in [9.17, 15) is 0 Å². The Morgan fingerprint density at radius 2 is 2.33 bits per heavy atom. The number of hydrogen-bond donors (Lipinski definition) is 1. The second kappa shape index (κ2) is 6.12. The zero-order chi connectivity index (χ0) is 11.3. The Kier molecular flexibility index (Phi) is 5.10. The van der Waals surface area contributed by atoms with Gasteiger partial charge in [0.05, 0.1) is 12.2 Å². The van der Waals surface area contributed by atoms with Crippen LogP contribution in [-0.4, -0.2) is 38.0 Å². The quantitative estimate of drug-likeness (QED) is 0.669. The van der Waals surface area contributed by atoms with Crippen LogP contribution in [0.15, 0.2) is 0 Å². The lowest BCUT2D eigenvalue weighted by atomic mass is 9.84. The van der Waals surface area contributed by atoms with Gasteiger partial charge in [0.25, 0.3) is 0 Å². The largest absolute Gasteiger partial charge is 0.377 e. The van der Waals surface area contributed by atoms with Crippen molar-refractivity contribution in [3.8, 4) is 12.3 Å². The van der Waals surface area contributed by atoms with Crippen molar-refractivity contribution in [2.45, 2.75) is 51.0 Å². The van der Waals surface area contributed by atoms with Crippen molar-refractivity contribution in [3.05, 3.63) is 0 Å². The predicted molar refractivity (Wildman–Crippen MR) is 60.7 cm³/mol. The molecule has 86 valence electrons. The predicted octanol–water partition coefficient (Wildman–Crippen LogP) is 1.18. The summed E-state index contributed by atoms with van der Waals surface area (Å²) in [5, 5.41) is 3.46. The van der Waals surface area contributed by atoms with Gasteiger partial charge in [-0.2, -0.15) is 0 Å². The summed E-state index contributed by atoms with van der Waals surface area (Å²) in [6.07, 6.45) is 7.45. The van der Waals surface area contributed by atoms with E-state index in [-0.39, 0.29) is 12.2 Å². The fourth-order valence-corrected chi connectivity index (χ4v) is 2.04. The first-order valence-corrected chi connectivity index (χ1v) is 5.56. The Morgan fingerprint density at radius 3 is 2.87 bits per heavy atom. The number of hydrogen-bond acceptors (Lipinski definition) is 3. The average molecular weight is 211 g/mol. The molecule has 4 atom stereocenters. The van der Waals surface area contributed by atoms with Gasteiger partial charge in [-0.15, -0.1) is 12.3 Å². The Balaban J connectivity index is 2.30. The highest BCUT2D eigenvalue weighted by atomic mass is 16.5. The van der Waals surface area contributed by atoms with Gasteiger partial charge < -0.3 is 14.8 Å².